The van der Waals surface area contributed by atoms with Crippen molar-refractivity contribution in [2.75, 3.05) is 7.11 Å². The summed E-state index contributed by atoms with van der Waals surface area (Å²) in [6.45, 7) is 4.21. The van der Waals surface area contributed by atoms with Gasteiger partial charge >= 0.3 is 0 Å². The smallest absolute Gasteiger partial charge is 0.121 e. The zero-order valence-corrected chi connectivity index (χ0v) is 10.7. The van der Waals surface area contributed by atoms with Crippen LogP contribution >= 0.6 is 0 Å². The molecule has 18 heavy (non-hydrogen) atoms. The van der Waals surface area contributed by atoms with Crippen LogP contribution in [0.4, 0.5) is 0 Å². The molecule has 0 N–H and O–H groups in total. The highest BCUT2D eigenvalue weighted by atomic mass is 16.5. The van der Waals surface area contributed by atoms with Crippen molar-refractivity contribution in [1.82, 2.24) is 10.2 Å². The topological polar surface area (TPSA) is 35.0 Å². The fourth-order valence-electron chi connectivity index (χ4n) is 2.16. The lowest BCUT2D eigenvalue weighted by atomic mass is 10.0. The van der Waals surface area contributed by atoms with Crippen LogP contribution in [-0.2, 0) is 0 Å². The molecule has 0 saturated heterocycles. The van der Waals surface area contributed by atoms with E-state index in [4.69, 9.17) is 4.74 Å². The van der Waals surface area contributed by atoms with Gasteiger partial charge in [0.1, 0.15) is 5.75 Å². The number of rotatable bonds is 1. The van der Waals surface area contributed by atoms with Gasteiger partial charge in [-0.05, 0) is 49.2 Å². The molecule has 0 unspecified atom stereocenters. The zero-order chi connectivity index (χ0) is 12.7. The lowest BCUT2D eigenvalue weighted by Gasteiger charge is -2.07. The summed E-state index contributed by atoms with van der Waals surface area (Å²) in [6.07, 6.45) is 0. The maximum atomic E-state index is 5.21. The molecule has 3 heteroatoms. The van der Waals surface area contributed by atoms with Gasteiger partial charge in [0.2, 0.25) is 0 Å². The molecule has 0 aliphatic heterocycles. The summed E-state index contributed by atoms with van der Waals surface area (Å²) in [4.78, 5) is 0. The molecule has 1 aromatic heterocycles. The highest BCUT2D eigenvalue weighted by Crippen LogP contribution is 2.27. The quantitative estimate of drug-likeness (QED) is 0.609. The van der Waals surface area contributed by atoms with Crippen LogP contribution in [-0.4, -0.2) is 17.3 Å². The van der Waals surface area contributed by atoms with Crippen LogP contribution in [0.15, 0.2) is 30.3 Å². The number of hydrogen-bond donors (Lipinski definition) is 0. The number of aryl methyl sites for hydroxylation is 2. The number of methoxy groups -OCH3 is 1. The second-order valence-electron chi connectivity index (χ2n) is 4.54. The molecule has 0 fully saturated rings. The first-order chi connectivity index (χ1) is 8.69. The number of benzene rings is 2. The highest BCUT2D eigenvalue weighted by molar-refractivity contribution is 6.04. The molecule has 2 aromatic carbocycles. The van der Waals surface area contributed by atoms with E-state index in [1.807, 2.05) is 18.2 Å². The molecule has 3 rings (SSSR count). The number of hydrogen-bond acceptors (Lipinski definition) is 3. The summed E-state index contributed by atoms with van der Waals surface area (Å²) >= 11 is 0. The zero-order valence-electron chi connectivity index (χ0n) is 10.7. The standard InChI is InChI=1S/C15H14N2O/c1-9-6-13-12-5-4-11(18-3)8-15(12)17-16-14(13)7-10(9)2/h4-8H,1-3H3. The second-order valence-corrected chi connectivity index (χ2v) is 4.54. The SMILES string of the molecule is COc1ccc2c(c1)nnc1cc(C)c(C)cc12. The first-order valence-corrected chi connectivity index (χ1v) is 5.90. The Morgan fingerprint density at radius 3 is 2.22 bits per heavy atom. The van der Waals surface area contributed by atoms with Gasteiger partial charge in [0.15, 0.2) is 0 Å². The van der Waals surface area contributed by atoms with Crippen LogP contribution in [0.3, 0.4) is 0 Å². The highest BCUT2D eigenvalue weighted by Gasteiger charge is 2.06. The van der Waals surface area contributed by atoms with E-state index in [-0.39, 0.29) is 0 Å². The van der Waals surface area contributed by atoms with Gasteiger partial charge in [0.05, 0.1) is 18.1 Å². The minimum absolute atomic E-state index is 0.806. The average molecular weight is 238 g/mol. The van der Waals surface area contributed by atoms with Crippen molar-refractivity contribution in [2.45, 2.75) is 13.8 Å². The monoisotopic (exact) mass is 238 g/mol. The molecule has 0 aliphatic rings. The lowest BCUT2D eigenvalue weighted by Crippen LogP contribution is -1.91. The third-order valence-electron chi connectivity index (χ3n) is 3.37. The summed E-state index contributed by atoms with van der Waals surface area (Å²) in [5.74, 6) is 0.806. The fraction of sp³-hybridized carbons (Fsp3) is 0.200. The largest absolute Gasteiger partial charge is 0.497 e. The summed E-state index contributed by atoms with van der Waals surface area (Å²) in [7, 11) is 1.66. The first kappa shape index (κ1) is 11.0. The first-order valence-electron chi connectivity index (χ1n) is 5.90. The van der Waals surface area contributed by atoms with Gasteiger partial charge in [-0.2, -0.15) is 0 Å². The van der Waals surface area contributed by atoms with E-state index in [0.717, 1.165) is 27.6 Å². The Morgan fingerprint density at radius 1 is 0.833 bits per heavy atom. The molecule has 0 spiro atoms. The summed E-state index contributed by atoms with van der Waals surface area (Å²) in [6, 6.07) is 10.2. The Morgan fingerprint density at radius 2 is 1.50 bits per heavy atom. The van der Waals surface area contributed by atoms with Crippen molar-refractivity contribution in [3.63, 3.8) is 0 Å². The van der Waals surface area contributed by atoms with E-state index >= 15 is 0 Å². The second kappa shape index (κ2) is 3.95. The van der Waals surface area contributed by atoms with Crippen LogP contribution in [0.1, 0.15) is 11.1 Å². The number of nitrogens with zero attached hydrogens (tertiary/aromatic N) is 2. The predicted octanol–water partition coefficient (Wildman–Crippen LogP) is 3.41. The molecule has 0 radical (unpaired) electrons. The minimum Gasteiger partial charge on any atom is -0.497 e. The van der Waals surface area contributed by atoms with Gasteiger partial charge in [-0.15, -0.1) is 10.2 Å². The van der Waals surface area contributed by atoms with Gasteiger partial charge in [0, 0.05) is 16.8 Å². The van der Waals surface area contributed by atoms with Crippen molar-refractivity contribution >= 4 is 21.8 Å². The molecule has 0 saturated carbocycles. The molecule has 3 aromatic rings. The molecule has 90 valence electrons. The molecule has 0 atom stereocenters. The summed E-state index contributed by atoms with van der Waals surface area (Å²) in [5.41, 5.74) is 4.32. The van der Waals surface area contributed by atoms with E-state index in [9.17, 15) is 0 Å². The molecule has 0 aliphatic carbocycles. The third kappa shape index (κ3) is 1.59. The van der Waals surface area contributed by atoms with Gasteiger partial charge in [-0.1, -0.05) is 0 Å². The van der Waals surface area contributed by atoms with Gasteiger partial charge in [-0.3, -0.25) is 0 Å². The Labute approximate surface area is 105 Å². The molecule has 1 heterocycles. The molecule has 0 bridgehead atoms. The van der Waals surface area contributed by atoms with E-state index < -0.39 is 0 Å². The van der Waals surface area contributed by atoms with Crippen molar-refractivity contribution in [3.8, 4) is 5.75 Å². The lowest BCUT2D eigenvalue weighted by molar-refractivity contribution is 0.415. The summed E-state index contributed by atoms with van der Waals surface area (Å²) < 4.78 is 5.21. The van der Waals surface area contributed by atoms with E-state index in [1.165, 1.54) is 11.1 Å². The normalized spacial score (nSPS) is 11.1. The third-order valence-corrected chi connectivity index (χ3v) is 3.37. The van der Waals surface area contributed by atoms with Crippen LogP contribution in [0.5, 0.6) is 5.75 Å². The van der Waals surface area contributed by atoms with Crippen molar-refractivity contribution in [1.29, 1.82) is 0 Å². The van der Waals surface area contributed by atoms with E-state index in [2.05, 4.69) is 36.2 Å². The Balaban J connectivity index is 2.42. The van der Waals surface area contributed by atoms with Crippen LogP contribution < -0.4 is 4.74 Å². The van der Waals surface area contributed by atoms with Gasteiger partial charge < -0.3 is 4.74 Å². The molecular formula is C15H14N2O. The van der Waals surface area contributed by atoms with Crippen LogP contribution in [0, 0.1) is 13.8 Å². The maximum absolute atomic E-state index is 5.21. The summed E-state index contributed by atoms with van der Waals surface area (Å²) in [5, 5.41) is 10.8. The minimum atomic E-state index is 0.806. The van der Waals surface area contributed by atoms with Crippen LogP contribution in [0.25, 0.3) is 21.8 Å². The molecular weight excluding hydrogens is 224 g/mol. The fourth-order valence-corrected chi connectivity index (χ4v) is 2.16. The number of aromatic nitrogens is 2. The number of ether oxygens (including phenoxy) is 1. The van der Waals surface area contributed by atoms with E-state index in [0.29, 0.717) is 0 Å². The van der Waals surface area contributed by atoms with Crippen molar-refractivity contribution in [3.05, 3.63) is 41.5 Å². The maximum Gasteiger partial charge on any atom is 0.121 e. The van der Waals surface area contributed by atoms with Crippen molar-refractivity contribution in [2.24, 2.45) is 0 Å². The predicted molar refractivity (Wildman–Crippen MR) is 73.1 cm³/mol. The van der Waals surface area contributed by atoms with Crippen LogP contribution in [0.2, 0.25) is 0 Å². The van der Waals surface area contributed by atoms with E-state index in [1.54, 1.807) is 7.11 Å². The number of fused-ring (bicyclic) bond motifs is 3. The van der Waals surface area contributed by atoms with Gasteiger partial charge in [-0.25, -0.2) is 0 Å². The Kier molecular flexibility index (Phi) is 2.40. The Hall–Kier alpha value is -2.16. The Bertz CT molecular complexity index is 750. The van der Waals surface area contributed by atoms with Gasteiger partial charge in [0.25, 0.3) is 0 Å². The average Bonchev–Trinajstić information content (AvgIpc) is 2.39. The molecule has 3 nitrogen and oxygen atoms in total. The van der Waals surface area contributed by atoms with Crippen molar-refractivity contribution < 1.29 is 4.74 Å². The molecule has 0 amide bonds.